The lowest BCUT2D eigenvalue weighted by molar-refractivity contribution is 0.928. The highest BCUT2D eigenvalue weighted by Gasteiger charge is 2.10. The van der Waals surface area contributed by atoms with Crippen LogP contribution in [-0.2, 0) is 7.05 Å². The fourth-order valence-electron chi connectivity index (χ4n) is 2.00. The Bertz CT molecular complexity index is 781. The van der Waals surface area contributed by atoms with E-state index in [0.717, 1.165) is 16.9 Å². The van der Waals surface area contributed by atoms with E-state index in [0.29, 0.717) is 16.7 Å². The molecule has 0 amide bonds. The van der Waals surface area contributed by atoms with Crippen molar-refractivity contribution in [3.8, 4) is 11.3 Å². The van der Waals surface area contributed by atoms with E-state index in [-0.39, 0.29) is 0 Å². The number of halogens is 1. The molecule has 3 rings (SSSR count). The number of hydrogen-bond acceptors (Lipinski definition) is 4. The van der Waals surface area contributed by atoms with Crippen LogP contribution in [0, 0.1) is 6.92 Å². The summed E-state index contributed by atoms with van der Waals surface area (Å²) >= 11 is 6.20. The van der Waals surface area contributed by atoms with Crippen molar-refractivity contribution in [2.45, 2.75) is 6.92 Å². The summed E-state index contributed by atoms with van der Waals surface area (Å²) in [6.45, 7) is 1.98. The summed E-state index contributed by atoms with van der Waals surface area (Å²) in [7, 11) is 1.95. The highest BCUT2D eigenvalue weighted by molar-refractivity contribution is 6.32. The lowest BCUT2D eigenvalue weighted by Gasteiger charge is -2.08. The summed E-state index contributed by atoms with van der Waals surface area (Å²) in [6, 6.07) is 5.83. The highest BCUT2D eigenvalue weighted by Crippen LogP contribution is 2.27. The number of pyridine rings is 1. The van der Waals surface area contributed by atoms with Gasteiger partial charge in [0.1, 0.15) is 5.82 Å². The fourth-order valence-corrected chi connectivity index (χ4v) is 2.20. The molecule has 21 heavy (non-hydrogen) atoms. The Morgan fingerprint density at radius 2 is 2.10 bits per heavy atom. The molecule has 0 unspecified atom stereocenters. The minimum Gasteiger partial charge on any atom is -0.357 e. The van der Waals surface area contributed by atoms with Gasteiger partial charge in [-0.1, -0.05) is 17.7 Å². The SMILES string of the molecule is Cc1cccnc1Nc1ncc(Cl)c(-c2ccn(C)c2)n1. The second-order valence-electron chi connectivity index (χ2n) is 4.75. The standard InChI is InChI=1S/C15H14ClN5/c1-10-4-3-6-17-14(10)20-15-18-8-12(16)13(19-15)11-5-7-21(2)9-11/h3-9H,1-2H3,(H,17,18,19,20). The summed E-state index contributed by atoms with van der Waals surface area (Å²) in [5, 5.41) is 3.64. The summed E-state index contributed by atoms with van der Waals surface area (Å²) in [5.74, 6) is 1.21. The van der Waals surface area contributed by atoms with Gasteiger partial charge in [-0.25, -0.2) is 15.0 Å². The van der Waals surface area contributed by atoms with Gasteiger partial charge >= 0.3 is 0 Å². The largest absolute Gasteiger partial charge is 0.357 e. The van der Waals surface area contributed by atoms with Crippen LogP contribution in [-0.4, -0.2) is 19.5 Å². The minimum atomic E-state index is 0.472. The molecule has 0 atom stereocenters. The van der Waals surface area contributed by atoms with Crippen LogP contribution in [0.15, 0.2) is 43.0 Å². The third kappa shape index (κ3) is 2.87. The van der Waals surface area contributed by atoms with Crippen molar-refractivity contribution in [2.24, 2.45) is 7.05 Å². The second-order valence-corrected chi connectivity index (χ2v) is 5.16. The molecule has 5 nitrogen and oxygen atoms in total. The zero-order valence-corrected chi connectivity index (χ0v) is 12.5. The van der Waals surface area contributed by atoms with Gasteiger partial charge in [-0.05, 0) is 24.6 Å². The van der Waals surface area contributed by atoms with E-state index in [1.54, 1.807) is 12.4 Å². The molecule has 0 radical (unpaired) electrons. The first-order chi connectivity index (χ1) is 10.1. The quantitative estimate of drug-likeness (QED) is 0.803. The maximum absolute atomic E-state index is 6.20. The molecule has 6 heteroatoms. The predicted octanol–water partition coefficient (Wildman–Crippen LogP) is 3.58. The molecule has 0 bridgehead atoms. The van der Waals surface area contributed by atoms with Gasteiger partial charge in [0.05, 0.1) is 16.9 Å². The smallest absolute Gasteiger partial charge is 0.229 e. The molecule has 0 saturated carbocycles. The summed E-state index contributed by atoms with van der Waals surface area (Å²) in [4.78, 5) is 13.0. The van der Waals surface area contributed by atoms with Gasteiger partial charge in [-0.2, -0.15) is 0 Å². The van der Waals surface area contributed by atoms with Crippen molar-refractivity contribution < 1.29 is 0 Å². The van der Waals surface area contributed by atoms with Gasteiger partial charge in [0.15, 0.2) is 0 Å². The fraction of sp³-hybridized carbons (Fsp3) is 0.133. The van der Waals surface area contributed by atoms with Crippen molar-refractivity contribution in [1.29, 1.82) is 0 Å². The van der Waals surface area contributed by atoms with E-state index in [1.807, 2.05) is 49.1 Å². The van der Waals surface area contributed by atoms with Crippen LogP contribution < -0.4 is 5.32 Å². The minimum absolute atomic E-state index is 0.472. The molecule has 0 fully saturated rings. The molecule has 0 aromatic carbocycles. The maximum Gasteiger partial charge on any atom is 0.229 e. The number of aromatic nitrogens is 4. The van der Waals surface area contributed by atoms with Gasteiger partial charge < -0.3 is 9.88 Å². The van der Waals surface area contributed by atoms with E-state index in [2.05, 4.69) is 20.3 Å². The average Bonchev–Trinajstić information content (AvgIpc) is 2.90. The molecular weight excluding hydrogens is 286 g/mol. The topological polar surface area (TPSA) is 55.6 Å². The lowest BCUT2D eigenvalue weighted by atomic mass is 10.2. The second kappa shape index (κ2) is 5.54. The third-order valence-electron chi connectivity index (χ3n) is 3.09. The van der Waals surface area contributed by atoms with Gasteiger partial charge in [0, 0.05) is 31.2 Å². The van der Waals surface area contributed by atoms with Crippen LogP contribution in [0.3, 0.4) is 0 Å². The van der Waals surface area contributed by atoms with Crippen molar-refractivity contribution >= 4 is 23.4 Å². The molecule has 3 aromatic rings. The zero-order chi connectivity index (χ0) is 14.8. The molecule has 0 aliphatic heterocycles. The maximum atomic E-state index is 6.20. The van der Waals surface area contributed by atoms with E-state index < -0.39 is 0 Å². The van der Waals surface area contributed by atoms with Gasteiger partial charge in [0.25, 0.3) is 0 Å². The van der Waals surface area contributed by atoms with E-state index in [1.165, 1.54) is 0 Å². The zero-order valence-electron chi connectivity index (χ0n) is 11.7. The average molecular weight is 300 g/mol. The molecule has 3 heterocycles. The molecule has 0 saturated heterocycles. The molecular formula is C15H14ClN5. The third-order valence-corrected chi connectivity index (χ3v) is 3.37. The number of anilines is 2. The summed E-state index contributed by atoms with van der Waals surface area (Å²) in [5.41, 5.74) is 2.67. The van der Waals surface area contributed by atoms with Crippen LogP contribution in [0.1, 0.15) is 5.56 Å². The molecule has 0 aliphatic rings. The van der Waals surface area contributed by atoms with E-state index >= 15 is 0 Å². The Morgan fingerprint density at radius 3 is 2.81 bits per heavy atom. The Morgan fingerprint density at radius 1 is 1.24 bits per heavy atom. The summed E-state index contributed by atoms with van der Waals surface area (Å²) < 4.78 is 1.95. The number of aryl methyl sites for hydroxylation is 2. The van der Waals surface area contributed by atoms with Crippen LogP contribution in [0.4, 0.5) is 11.8 Å². The van der Waals surface area contributed by atoms with E-state index in [9.17, 15) is 0 Å². The van der Waals surface area contributed by atoms with Gasteiger partial charge in [-0.15, -0.1) is 0 Å². The van der Waals surface area contributed by atoms with Crippen molar-refractivity contribution in [3.05, 3.63) is 53.6 Å². The number of hydrogen-bond donors (Lipinski definition) is 1. The van der Waals surface area contributed by atoms with E-state index in [4.69, 9.17) is 11.6 Å². The monoisotopic (exact) mass is 299 g/mol. The van der Waals surface area contributed by atoms with Gasteiger partial charge in [-0.3, -0.25) is 0 Å². The van der Waals surface area contributed by atoms with Gasteiger partial charge in [0.2, 0.25) is 5.95 Å². The van der Waals surface area contributed by atoms with Crippen LogP contribution in [0.2, 0.25) is 5.02 Å². The number of nitrogens with one attached hydrogen (secondary N) is 1. The lowest BCUT2D eigenvalue weighted by Crippen LogP contribution is -2.01. The Balaban J connectivity index is 1.96. The van der Waals surface area contributed by atoms with Crippen molar-refractivity contribution in [2.75, 3.05) is 5.32 Å². The number of nitrogens with zero attached hydrogens (tertiary/aromatic N) is 4. The predicted molar refractivity (Wildman–Crippen MR) is 83.7 cm³/mol. The van der Waals surface area contributed by atoms with Crippen LogP contribution in [0.25, 0.3) is 11.3 Å². The number of rotatable bonds is 3. The molecule has 0 spiro atoms. The highest BCUT2D eigenvalue weighted by atomic mass is 35.5. The molecule has 0 aliphatic carbocycles. The summed E-state index contributed by atoms with van der Waals surface area (Å²) in [6.07, 6.45) is 7.23. The Kier molecular flexibility index (Phi) is 3.58. The normalized spacial score (nSPS) is 10.6. The first-order valence-corrected chi connectivity index (χ1v) is 6.85. The molecule has 1 N–H and O–H groups in total. The molecule has 3 aromatic heterocycles. The van der Waals surface area contributed by atoms with Crippen LogP contribution >= 0.6 is 11.6 Å². The first-order valence-electron chi connectivity index (χ1n) is 6.47. The Labute approximate surface area is 127 Å². The molecule has 106 valence electrons. The van der Waals surface area contributed by atoms with Crippen molar-refractivity contribution in [3.63, 3.8) is 0 Å². The first kappa shape index (κ1) is 13.6. The van der Waals surface area contributed by atoms with Crippen molar-refractivity contribution in [1.82, 2.24) is 19.5 Å². The van der Waals surface area contributed by atoms with Crippen LogP contribution in [0.5, 0.6) is 0 Å². The Hall–Kier alpha value is -2.40.